The first-order chi connectivity index (χ1) is 15.4. The predicted octanol–water partition coefficient (Wildman–Crippen LogP) is 3.54. The largest absolute Gasteiger partial charge is 0.326 e. The molecule has 32 heavy (non-hydrogen) atoms. The molecule has 0 saturated carbocycles. The molecule has 0 aromatic heterocycles. The highest BCUT2D eigenvalue weighted by Crippen LogP contribution is 2.29. The molecule has 0 aliphatic carbocycles. The van der Waals surface area contributed by atoms with Gasteiger partial charge in [0, 0.05) is 23.9 Å². The number of nitrogens with one attached hydrogen (secondary N) is 2. The number of hydrogen-bond donors (Lipinski definition) is 2. The number of anilines is 1. The Labute approximate surface area is 195 Å². The molecule has 2 aliphatic rings. The third kappa shape index (κ3) is 5.82. The van der Waals surface area contributed by atoms with Gasteiger partial charge in [-0.25, -0.2) is 0 Å². The van der Waals surface area contributed by atoms with Crippen molar-refractivity contribution < 1.29 is 24.0 Å². The molecule has 1 atom stereocenters. The van der Waals surface area contributed by atoms with Gasteiger partial charge in [-0.2, -0.15) is 0 Å². The minimum absolute atomic E-state index is 0.0714. The number of carbonyl (C=O) groups excluding carboxylic acids is 5. The van der Waals surface area contributed by atoms with Crippen molar-refractivity contribution in [1.29, 1.82) is 0 Å². The van der Waals surface area contributed by atoms with Crippen LogP contribution < -0.4 is 10.6 Å². The summed E-state index contributed by atoms with van der Waals surface area (Å²) in [6, 6.07) is 3.55. The fraction of sp³-hybridized carbons (Fsp3) is 0.522. The van der Waals surface area contributed by atoms with E-state index in [0.717, 1.165) is 29.5 Å². The van der Waals surface area contributed by atoms with Crippen LogP contribution >= 0.6 is 15.9 Å². The monoisotopic (exact) mass is 505 g/mol. The molecule has 9 heteroatoms. The Kier molecular flexibility index (Phi) is 8.55. The summed E-state index contributed by atoms with van der Waals surface area (Å²) in [6.45, 7) is 0. The first-order valence-corrected chi connectivity index (χ1v) is 12.3. The van der Waals surface area contributed by atoms with Crippen molar-refractivity contribution in [2.75, 3.05) is 10.6 Å². The topological polar surface area (TPSA) is 113 Å². The van der Waals surface area contributed by atoms with Crippen LogP contribution in [0.3, 0.4) is 0 Å². The first kappa shape index (κ1) is 24.1. The summed E-state index contributed by atoms with van der Waals surface area (Å²) in [5, 5.41) is 6.00. The highest BCUT2D eigenvalue weighted by molar-refractivity contribution is 9.09. The second-order valence-electron chi connectivity index (χ2n) is 8.17. The molecular formula is C23H28BrN3O5. The quantitative estimate of drug-likeness (QED) is 0.271. The molecule has 1 unspecified atom stereocenters. The molecule has 172 valence electrons. The molecule has 2 heterocycles. The van der Waals surface area contributed by atoms with E-state index >= 15 is 0 Å². The lowest BCUT2D eigenvalue weighted by Gasteiger charge is -2.27. The van der Waals surface area contributed by atoms with Crippen LogP contribution in [-0.2, 0) is 14.4 Å². The molecule has 0 radical (unpaired) electrons. The summed E-state index contributed by atoms with van der Waals surface area (Å²) in [5.41, 5.74) is 0.786. The molecule has 2 N–H and O–H groups in total. The van der Waals surface area contributed by atoms with E-state index in [1.165, 1.54) is 37.8 Å². The lowest BCUT2D eigenvalue weighted by molar-refractivity contribution is -0.136. The molecule has 1 saturated heterocycles. The van der Waals surface area contributed by atoms with Crippen molar-refractivity contribution in [3.8, 4) is 0 Å². The fourth-order valence-electron chi connectivity index (χ4n) is 4.04. The standard InChI is InChI=1S/C23H28BrN3O5/c24-13-7-5-3-1-2-4-6-8-19(28)25-15-9-10-16-17(14-15)23(32)27(22(16)31)18-11-12-20(29)26-21(18)30/h9-10,14,18H,1-8,11-13H2,(H,25,28)(H,26,29,30). The van der Waals surface area contributed by atoms with Crippen LogP contribution in [0.5, 0.6) is 0 Å². The maximum Gasteiger partial charge on any atom is 0.262 e. The van der Waals surface area contributed by atoms with Crippen molar-refractivity contribution >= 4 is 51.2 Å². The Morgan fingerprint density at radius 3 is 2.31 bits per heavy atom. The summed E-state index contributed by atoms with van der Waals surface area (Å²) < 4.78 is 0. The SMILES string of the molecule is O=C1CCC(N2C(=O)c3ccc(NC(=O)CCCCCCCCCBr)cc3C2=O)C(=O)N1. The van der Waals surface area contributed by atoms with Gasteiger partial charge in [0.2, 0.25) is 17.7 Å². The zero-order valence-electron chi connectivity index (χ0n) is 18.0. The van der Waals surface area contributed by atoms with Gasteiger partial charge in [0.15, 0.2) is 0 Å². The van der Waals surface area contributed by atoms with Crippen molar-refractivity contribution in [2.45, 2.75) is 70.3 Å². The maximum atomic E-state index is 12.8. The molecule has 8 nitrogen and oxygen atoms in total. The number of rotatable bonds is 11. The third-order valence-corrected chi connectivity index (χ3v) is 6.32. The fourth-order valence-corrected chi connectivity index (χ4v) is 4.43. The molecule has 2 aliphatic heterocycles. The van der Waals surface area contributed by atoms with Crippen LogP contribution in [0.25, 0.3) is 0 Å². The van der Waals surface area contributed by atoms with Crippen molar-refractivity contribution in [3.05, 3.63) is 29.3 Å². The number of unbranched alkanes of at least 4 members (excludes halogenated alkanes) is 6. The molecular weight excluding hydrogens is 478 g/mol. The van der Waals surface area contributed by atoms with Gasteiger partial charge in [-0.1, -0.05) is 48.0 Å². The van der Waals surface area contributed by atoms with E-state index in [1.54, 1.807) is 6.07 Å². The molecule has 3 rings (SSSR count). The van der Waals surface area contributed by atoms with Gasteiger partial charge in [0.05, 0.1) is 11.1 Å². The highest BCUT2D eigenvalue weighted by Gasteiger charge is 2.44. The summed E-state index contributed by atoms with van der Waals surface area (Å²) in [7, 11) is 0. The van der Waals surface area contributed by atoms with E-state index in [-0.39, 0.29) is 29.9 Å². The van der Waals surface area contributed by atoms with E-state index < -0.39 is 29.7 Å². The molecule has 0 bridgehead atoms. The Balaban J connectivity index is 1.51. The average molecular weight is 506 g/mol. The van der Waals surface area contributed by atoms with E-state index in [9.17, 15) is 24.0 Å². The van der Waals surface area contributed by atoms with Crippen LogP contribution in [-0.4, -0.2) is 45.8 Å². The zero-order chi connectivity index (χ0) is 23.1. The Morgan fingerprint density at radius 2 is 1.62 bits per heavy atom. The molecule has 1 aromatic rings. The summed E-state index contributed by atoms with van der Waals surface area (Å²) in [6.07, 6.45) is 8.31. The van der Waals surface area contributed by atoms with E-state index in [1.807, 2.05) is 0 Å². The number of halogens is 1. The van der Waals surface area contributed by atoms with E-state index in [4.69, 9.17) is 0 Å². The van der Waals surface area contributed by atoms with Crippen molar-refractivity contribution in [2.24, 2.45) is 0 Å². The van der Waals surface area contributed by atoms with Crippen LogP contribution in [0.2, 0.25) is 0 Å². The number of alkyl halides is 1. The van der Waals surface area contributed by atoms with Gasteiger partial charge < -0.3 is 5.32 Å². The zero-order valence-corrected chi connectivity index (χ0v) is 19.5. The smallest absolute Gasteiger partial charge is 0.262 e. The molecule has 1 aromatic carbocycles. The lowest BCUT2D eigenvalue weighted by Crippen LogP contribution is -2.54. The molecule has 0 spiro atoms. The minimum Gasteiger partial charge on any atom is -0.326 e. The number of imide groups is 2. The van der Waals surface area contributed by atoms with Gasteiger partial charge in [-0.05, 0) is 37.5 Å². The maximum absolute atomic E-state index is 12.8. The highest BCUT2D eigenvalue weighted by atomic mass is 79.9. The predicted molar refractivity (Wildman–Crippen MR) is 122 cm³/mol. The Bertz CT molecular complexity index is 917. The number of benzene rings is 1. The van der Waals surface area contributed by atoms with Crippen molar-refractivity contribution in [3.63, 3.8) is 0 Å². The lowest BCUT2D eigenvalue weighted by atomic mass is 10.0. The van der Waals surface area contributed by atoms with Crippen molar-refractivity contribution in [1.82, 2.24) is 10.2 Å². The second kappa shape index (κ2) is 11.4. The van der Waals surface area contributed by atoms with E-state index in [0.29, 0.717) is 12.1 Å². The Morgan fingerprint density at radius 1 is 0.969 bits per heavy atom. The van der Waals surface area contributed by atoms with Gasteiger partial charge in [0.1, 0.15) is 6.04 Å². The number of piperidine rings is 1. The van der Waals surface area contributed by atoms with Crippen LogP contribution in [0.15, 0.2) is 18.2 Å². The van der Waals surface area contributed by atoms with Crippen LogP contribution in [0, 0.1) is 0 Å². The number of nitrogens with zero attached hydrogens (tertiary/aromatic N) is 1. The van der Waals surface area contributed by atoms with Gasteiger partial charge in [-0.3, -0.25) is 34.2 Å². The molecule has 5 amide bonds. The number of hydrogen-bond acceptors (Lipinski definition) is 5. The van der Waals surface area contributed by atoms with Crippen LogP contribution in [0.4, 0.5) is 5.69 Å². The van der Waals surface area contributed by atoms with Gasteiger partial charge in [0.25, 0.3) is 11.8 Å². The minimum atomic E-state index is -1.00. The van der Waals surface area contributed by atoms with Crippen LogP contribution in [0.1, 0.15) is 84.9 Å². The van der Waals surface area contributed by atoms with Gasteiger partial charge >= 0.3 is 0 Å². The normalized spacial score (nSPS) is 18.0. The summed E-state index contributed by atoms with van der Waals surface area (Å²) in [4.78, 5) is 62.2. The number of carbonyl (C=O) groups is 5. The Hall–Kier alpha value is -2.55. The first-order valence-electron chi connectivity index (χ1n) is 11.1. The third-order valence-electron chi connectivity index (χ3n) is 5.76. The number of fused-ring (bicyclic) bond motifs is 1. The van der Waals surface area contributed by atoms with E-state index in [2.05, 4.69) is 26.6 Å². The summed E-state index contributed by atoms with van der Waals surface area (Å²) >= 11 is 3.43. The molecule has 1 fully saturated rings. The summed E-state index contributed by atoms with van der Waals surface area (Å²) in [5.74, 6) is -2.35. The number of amides is 5. The van der Waals surface area contributed by atoms with Gasteiger partial charge in [-0.15, -0.1) is 0 Å². The average Bonchev–Trinajstić information content (AvgIpc) is 3.00. The second-order valence-corrected chi connectivity index (χ2v) is 8.96.